The molecule has 20 heavy (non-hydrogen) atoms. The van der Waals surface area contributed by atoms with E-state index in [1.165, 1.54) is 39.2 Å². The summed E-state index contributed by atoms with van der Waals surface area (Å²) in [5.74, 6) is -0.107. The van der Waals surface area contributed by atoms with Crippen LogP contribution in [0, 0.1) is 0 Å². The van der Waals surface area contributed by atoms with Crippen molar-refractivity contribution >= 4 is 5.97 Å². The Morgan fingerprint density at radius 2 is 1.40 bits per heavy atom. The van der Waals surface area contributed by atoms with E-state index in [-0.39, 0.29) is 18.7 Å². The summed E-state index contributed by atoms with van der Waals surface area (Å²) in [4.78, 5) is 10.9. The van der Waals surface area contributed by atoms with Crippen LogP contribution in [-0.2, 0) is 9.53 Å². The van der Waals surface area contributed by atoms with Gasteiger partial charge in [0.1, 0.15) is 0 Å². The molecular weight excluding hydrogens is 256 g/mol. The van der Waals surface area contributed by atoms with E-state index in [1.54, 1.807) is 0 Å². The molecule has 0 aromatic carbocycles. The molecule has 0 aliphatic carbocycles. The van der Waals surface area contributed by atoms with E-state index in [4.69, 9.17) is 5.11 Å². The maximum absolute atomic E-state index is 10.9. The molecule has 0 bridgehead atoms. The lowest BCUT2D eigenvalue weighted by Crippen LogP contribution is -2.06. The molecule has 0 radical (unpaired) electrons. The Bertz CT molecular complexity index is 219. The van der Waals surface area contributed by atoms with Crippen molar-refractivity contribution in [2.45, 2.75) is 83.2 Å². The van der Waals surface area contributed by atoms with E-state index in [0.717, 1.165) is 32.1 Å². The summed E-state index contributed by atoms with van der Waals surface area (Å²) in [5.41, 5.74) is 0. The molecule has 0 rings (SSSR count). The number of hydrogen-bond acceptors (Lipinski definition) is 4. The van der Waals surface area contributed by atoms with Gasteiger partial charge in [-0.25, -0.2) is 0 Å². The molecule has 4 nitrogen and oxygen atoms in total. The minimum absolute atomic E-state index is 0.107. The van der Waals surface area contributed by atoms with Crippen LogP contribution in [0.5, 0.6) is 0 Å². The lowest BCUT2D eigenvalue weighted by atomic mass is 10.0. The highest BCUT2D eigenvalue weighted by molar-refractivity contribution is 5.68. The molecule has 0 amide bonds. The number of methoxy groups -OCH3 is 1. The second-order valence-electron chi connectivity index (χ2n) is 5.46. The van der Waals surface area contributed by atoms with Crippen molar-refractivity contribution in [3.8, 4) is 0 Å². The van der Waals surface area contributed by atoms with Gasteiger partial charge in [0, 0.05) is 13.0 Å². The quantitative estimate of drug-likeness (QED) is 0.380. The molecule has 2 N–H and O–H groups in total. The Morgan fingerprint density at radius 1 is 0.900 bits per heavy atom. The fourth-order valence-electron chi connectivity index (χ4n) is 2.28. The molecule has 0 heterocycles. The number of hydrogen-bond donors (Lipinski definition) is 2. The van der Waals surface area contributed by atoms with Crippen LogP contribution in [0.2, 0.25) is 0 Å². The fourth-order valence-corrected chi connectivity index (χ4v) is 2.28. The Hall–Kier alpha value is -0.610. The summed E-state index contributed by atoms with van der Waals surface area (Å²) < 4.78 is 4.59. The average Bonchev–Trinajstić information content (AvgIpc) is 2.46. The first-order valence-corrected chi connectivity index (χ1v) is 8.06. The van der Waals surface area contributed by atoms with Gasteiger partial charge in [-0.2, -0.15) is 0 Å². The second-order valence-corrected chi connectivity index (χ2v) is 5.46. The second kappa shape index (κ2) is 14.8. The summed E-state index contributed by atoms with van der Waals surface area (Å²) in [5, 5.41) is 18.2. The summed E-state index contributed by atoms with van der Waals surface area (Å²) in [6, 6.07) is 0. The number of esters is 1. The van der Waals surface area contributed by atoms with Crippen molar-refractivity contribution in [1.82, 2.24) is 0 Å². The minimum atomic E-state index is -0.236. The van der Waals surface area contributed by atoms with Crippen molar-refractivity contribution in [1.29, 1.82) is 0 Å². The molecule has 1 atom stereocenters. The number of carbonyl (C=O) groups is 1. The molecule has 0 fully saturated rings. The highest BCUT2D eigenvalue weighted by Gasteiger charge is 2.03. The zero-order valence-corrected chi connectivity index (χ0v) is 13.0. The van der Waals surface area contributed by atoms with Gasteiger partial charge in [0.15, 0.2) is 0 Å². The number of carbonyl (C=O) groups excluding carboxylic acids is 1. The van der Waals surface area contributed by atoms with Gasteiger partial charge in [0.05, 0.1) is 13.2 Å². The highest BCUT2D eigenvalue weighted by Crippen LogP contribution is 2.13. The monoisotopic (exact) mass is 288 g/mol. The van der Waals surface area contributed by atoms with Gasteiger partial charge >= 0.3 is 5.97 Å². The zero-order valence-electron chi connectivity index (χ0n) is 13.0. The normalized spacial score (nSPS) is 12.3. The third-order valence-corrected chi connectivity index (χ3v) is 3.59. The fraction of sp³-hybridized carbons (Fsp3) is 0.938. The van der Waals surface area contributed by atoms with E-state index < -0.39 is 0 Å². The molecule has 1 unspecified atom stereocenters. The van der Waals surface area contributed by atoms with Gasteiger partial charge in [0.2, 0.25) is 0 Å². The first-order valence-electron chi connectivity index (χ1n) is 8.06. The smallest absolute Gasteiger partial charge is 0.305 e. The third-order valence-electron chi connectivity index (χ3n) is 3.59. The van der Waals surface area contributed by atoms with Crippen LogP contribution in [0.15, 0.2) is 0 Å². The summed E-state index contributed by atoms with van der Waals surface area (Å²) in [6.45, 7) is 0.174. The Kier molecular flexibility index (Phi) is 14.3. The topological polar surface area (TPSA) is 66.8 Å². The average molecular weight is 288 g/mol. The maximum atomic E-state index is 10.9. The first kappa shape index (κ1) is 19.4. The number of aliphatic hydroxyl groups is 2. The minimum Gasteiger partial charge on any atom is -0.469 e. The molecule has 0 aromatic heterocycles. The third kappa shape index (κ3) is 13.8. The first-order chi connectivity index (χ1) is 9.70. The Morgan fingerprint density at radius 3 is 1.95 bits per heavy atom. The largest absolute Gasteiger partial charge is 0.469 e. The van der Waals surface area contributed by atoms with Gasteiger partial charge in [-0.15, -0.1) is 0 Å². The van der Waals surface area contributed by atoms with E-state index in [9.17, 15) is 9.90 Å². The van der Waals surface area contributed by atoms with E-state index in [0.29, 0.717) is 12.8 Å². The van der Waals surface area contributed by atoms with Gasteiger partial charge in [0.25, 0.3) is 0 Å². The number of ether oxygens (including phenoxy) is 1. The predicted molar refractivity (Wildman–Crippen MR) is 80.5 cm³/mol. The summed E-state index contributed by atoms with van der Waals surface area (Å²) >= 11 is 0. The molecule has 0 aliphatic rings. The van der Waals surface area contributed by atoms with Crippen LogP contribution in [-0.4, -0.2) is 36.0 Å². The molecule has 0 aliphatic heterocycles. The number of rotatable bonds is 14. The number of aliphatic hydroxyl groups excluding tert-OH is 2. The molecule has 0 saturated carbocycles. The van der Waals surface area contributed by atoms with Gasteiger partial charge < -0.3 is 14.9 Å². The SMILES string of the molecule is COC(=O)CCCCCCCCCCC(O)CCCO. The zero-order chi connectivity index (χ0) is 15.1. The maximum Gasteiger partial charge on any atom is 0.305 e. The van der Waals surface area contributed by atoms with Crippen LogP contribution in [0.1, 0.15) is 77.0 Å². The van der Waals surface area contributed by atoms with Crippen molar-refractivity contribution in [2.24, 2.45) is 0 Å². The van der Waals surface area contributed by atoms with E-state index in [1.807, 2.05) is 0 Å². The molecular formula is C16H32O4. The Labute approximate surface area is 123 Å². The standard InChI is InChI=1S/C16H32O4/c1-20-16(19)13-9-7-5-3-2-4-6-8-11-15(18)12-10-14-17/h15,17-18H,2-14H2,1H3. The molecule has 0 aromatic rings. The van der Waals surface area contributed by atoms with Crippen LogP contribution >= 0.6 is 0 Å². The summed E-state index contributed by atoms with van der Waals surface area (Å²) in [7, 11) is 1.43. The molecule has 4 heteroatoms. The molecule has 120 valence electrons. The summed E-state index contributed by atoms with van der Waals surface area (Å²) in [6.07, 6.45) is 11.8. The van der Waals surface area contributed by atoms with Gasteiger partial charge in [-0.1, -0.05) is 44.9 Å². The van der Waals surface area contributed by atoms with E-state index in [2.05, 4.69) is 4.74 Å². The van der Waals surface area contributed by atoms with Crippen molar-refractivity contribution in [3.05, 3.63) is 0 Å². The van der Waals surface area contributed by atoms with Crippen molar-refractivity contribution in [2.75, 3.05) is 13.7 Å². The van der Waals surface area contributed by atoms with Crippen LogP contribution in [0.25, 0.3) is 0 Å². The van der Waals surface area contributed by atoms with Crippen molar-refractivity contribution < 1.29 is 19.7 Å². The van der Waals surface area contributed by atoms with Crippen LogP contribution in [0.4, 0.5) is 0 Å². The lowest BCUT2D eigenvalue weighted by Gasteiger charge is -2.09. The van der Waals surface area contributed by atoms with Gasteiger partial charge in [-0.3, -0.25) is 4.79 Å². The van der Waals surface area contributed by atoms with Crippen LogP contribution < -0.4 is 0 Å². The molecule has 0 saturated heterocycles. The van der Waals surface area contributed by atoms with Gasteiger partial charge in [-0.05, 0) is 25.7 Å². The lowest BCUT2D eigenvalue weighted by molar-refractivity contribution is -0.140. The highest BCUT2D eigenvalue weighted by atomic mass is 16.5. The number of unbranched alkanes of at least 4 members (excludes halogenated alkanes) is 7. The predicted octanol–water partition coefficient (Wildman–Crippen LogP) is 3.19. The van der Waals surface area contributed by atoms with Crippen molar-refractivity contribution in [3.63, 3.8) is 0 Å². The van der Waals surface area contributed by atoms with E-state index >= 15 is 0 Å². The van der Waals surface area contributed by atoms with Crippen LogP contribution in [0.3, 0.4) is 0 Å². The molecule has 0 spiro atoms. The Balaban J connectivity index is 3.11.